The average Bonchev–Trinajstić information content (AvgIpc) is 3.04. The minimum Gasteiger partial charge on any atom is -0.451 e. The molecule has 0 radical (unpaired) electrons. The Kier molecular flexibility index (Phi) is 8.79. The maximum atomic E-state index is 12.4. The molecule has 0 aliphatic rings. The number of rotatable bonds is 9. The molecule has 0 unspecified atom stereocenters. The van der Waals surface area contributed by atoms with Gasteiger partial charge in [0.05, 0.1) is 4.90 Å². The van der Waals surface area contributed by atoms with E-state index in [2.05, 4.69) is 16.8 Å². The van der Waals surface area contributed by atoms with Crippen LogP contribution in [-0.2, 0) is 30.9 Å². The molecule has 2 aromatic rings. The number of anilines is 1. The Morgan fingerprint density at radius 2 is 1.88 bits per heavy atom. The number of esters is 1. The van der Waals surface area contributed by atoms with E-state index in [0.29, 0.717) is 5.56 Å². The Balaban J connectivity index is 2.12. The van der Waals surface area contributed by atoms with E-state index in [1.54, 1.807) is 13.0 Å². The topological polar surface area (TPSA) is 121 Å². The molecule has 2 rings (SSSR count). The summed E-state index contributed by atoms with van der Waals surface area (Å²) in [5, 5.41) is 12.0. The van der Waals surface area contributed by atoms with Crippen LogP contribution in [0, 0.1) is 32.1 Å². The van der Waals surface area contributed by atoms with Crippen LogP contribution in [-0.4, -0.2) is 49.9 Å². The van der Waals surface area contributed by atoms with Crippen molar-refractivity contribution < 1.29 is 22.7 Å². The molecule has 1 aromatic carbocycles. The molecule has 0 bridgehead atoms. The second-order valence-corrected chi connectivity index (χ2v) is 10.2. The first-order chi connectivity index (χ1) is 15.9. The van der Waals surface area contributed by atoms with Crippen LogP contribution in [0.25, 0.3) is 6.08 Å². The summed E-state index contributed by atoms with van der Waals surface area (Å²) < 4.78 is 32.9. The molecule has 34 heavy (non-hydrogen) atoms. The van der Waals surface area contributed by atoms with Crippen LogP contribution >= 0.6 is 0 Å². The van der Waals surface area contributed by atoms with E-state index in [0.717, 1.165) is 34.2 Å². The quantitative estimate of drug-likeness (QED) is 0.330. The molecule has 1 N–H and O–H groups in total. The lowest BCUT2D eigenvalue weighted by Gasteiger charge is -2.14. The highest BCUT2D eigenvalue weighted by molar-refractivity contribution is 7.89. The number of hydrogen-bond acceptors (Lipinski definition) is 6. The molecular formula is C24H30N4O5S. The van der Waals surface area contributed by atoms with Crippen molar-refractivity contribution >= 4 is 33.7 Å². The van der Waals surface area contributed by atoms with Gasteiger partial charge in [-0.2, -0.15) is 5.26 Å². The minimum absolute atomic E-state index is 0.0192. The Morgan fingerprint density at radius 1 is 1.21 bits per heavy atom. The van der Waals surface area contributed by atoms with E-state index >= 15 is 0 Å². The molecule has 0 aliphatic carbocycles. The monoisotopic (exact) mass is 486 g/mol. The lowest BCUT2D eigenvalue weighted by Crippen LogP contribution is -2.24. The molecule has 0 spiro atoms. The van der Waals surface area contributed by atoms with Crippen molar-refractivity contribution in [2.45, 2.75) is 45.6 Å². The highest BCUT2D eigenvalue weighted by Gasteiger charge is 2.20. The van der Waals surface area contributed by atoms with Crippen molar-refractivity contribution in [1.82, 2.24) is 8.87 Å². The zero-order valence-electron chi connectivity index (χ0n) is 20.3. The number of hydrogen-bond donors (Lipinski definition) is 1. The van der Waals surface area contributed by atoms with Gasteiger partial charge in [-0.05, 0) is 62.6 Å². The highest BCUT2D eigenvalue weighted by Crippen LogP contribution is 2.22. The van der Waals surface area contributed by atoms with Gasteiger partial charge in [-0.25, -0.2) is 17.5 Å². The number of amides is 1. The number of sulfonamides is 1. The first-order valence-electron chi connectivity index (χ1n) is 10.7. The number of carbonyl (C=O) groups excluding carboxylic acids is 2. The molecule has 0 saturated heterocycles. The zero-order chi connectivity index (χ0) is 25.6. The molecule has 0 atom stereocenters. The number of nitrogens with one attached hydrogen (secondary N) is 1. The average molecular weight is 487 g/mol. The molecule has 9 nitrogen and oxygen atoms in total. The van der Waals surface area contributed by atoms with Gasteiger partial charge in [0.15, 0.2) is 6.61 Å². The highest BCUT2D eigenvalue weighted by atomic mass is 32.2. The van der Waals surface area contributed by atoms with Crippen molar-refractivity contribution in [3.8, 4) is 6.07 Å². The summed E-state index contributed by atoms with van der Waals surface area (Å²) in [4.78, 5) is 24.8. The van der Waals surface area contributed by atoms with E-state index in [9.17, 15) is 23.3 Å². The fraction of sp³-hybridized carbons (Fsp3) is 0.375. The predicted octanol–water partition coefficient (Wildman–Crippen LogP) is 3.16. The summed E-state index contributed by atoms with van der Waals surface area (Å²) in [7, 11) is -0.856. The van der Waals surface area contributed by atoms with Crippen molar-refractivity contribution in [2.24, 2.45) is 0 Å². The molecule has 1 aromatic heterocycles. The standard InChI is InChI=1S/C24H30N4O5S/c1-7-10-28-17(3)11-19(18(28)4)12-20(14-25)24(30)33-15-23(29)26-22-13-21(9-8-16(22)2)34(31,32)27(5)6/h8-9,11-13H,7,10,15H2,1-6H3,(H,26,29). The summed E-state index contributed by atoms with van der Waals surface area (Å²) in [6, 6.07) is 8.08. The third-order valence-corrected chi connectivity index (χ3v) is 7.11. The van der Waals surface area contributed by atoms with Crippen LogP contribution in [0.2, 0.25) is 0 Å². The van der Waals surface area contributed by atoms with Crippen molar-refractivity contribution in [3.05, 3.63) is 52.4 Å². The van der Waals surface area contributed by atoms with Gasteiger partial charge in [-0.15, -0.1) is 0 Å². The van der Waals surface area contributed by atoms with Gasteiger partial charge in [0.2, 0.25) is 10.0 Å². The van der Waals surface area contributed by atoms with Crippen LogP contribution < -0.4 is 5.32 Å². The normalized spacial score (nSPS) is 11.9. The molecule has 182 valence electrons. The van der Waals surface area contributed by atoms with E-state index in [-0.39, 0.29) is 16.2 Å². The Bertz CT molecular complexity index is 1270. The van der Waals surface area contributed by atoms with Gasteiger partial charge in [0.25, 0.3) is 5.91 Å². The number of ether oxygens (including phenoxy) is 1. The van der Waals surface area contributed by atoms with Gasteiger partial charge >= 0.3 is 5.97 Å². The third kappa shape index (κ3) is 6.12. The number of aromatic nitrogens is 1. The van der Waals surface area contributed by atoms with E-state index < -0.39 is 28.5 Å². The number of benzene rings is 1. The molecule has 10 heteroatoms. The van der Waals surface area contributed by atoms with Crippen molar-refractivity contribution in [2.75, 3.05) is 26.0 Å². The maximum Gasteiger partial charge on any atom is 0.349 e. The van der Waals surface area contributed by atoms with E-state index in [4.69, 9.17) is 4.74 Å². The summed E-state index contributed by atoms with van der Waals surface area (Å²) in [5.74, 6) is -1.58. The largest absolute Gasteiger partial charge is 0.451 e. The van der Waals surface area contributed by atoms with Crippen LogP contribution in [0.15, 0.2) is 34.7 Å². The number of nitrogens with zero attached hydrogens (tertiary/aromatic N) is 3. The summed E-state index contributed by atoms with van der Waals surface area (Å²) in [6.07, 6.45) is 2.40. The van der Waals surface area contributed by atoms with Crippen LogP contribution in [0.1, 0.15) is 35.9 Å². The van der Waals surface area contributed by atoms with Crippen LogP contribution in [0.3, 0.4) is 0 Å². The maximum absolute atomic E-state index is 12.4. The molecule has 0 saturated carbocycles. The predicted molar refractivity (Wildman–Crippen MR) is 129 cm³/mol. The minimum atomic E-state index is -3.68. The zero-order valence-corrected chi connectivity index (χ0v) is 21.1. The summed E-state index contributed by atoms with van der Waals surface area (Å²) in [5.41, 5.74) is 3.38. The number of carbonyl (C=O) groups is 2. The molecule has 0 aliphatic heterocycles. The SMILES string of the molecule is CCCn1c(C)cc(C=C(C#N)C(=O)OCC(=O)Nc2cc(S(=O)(=O)N(C)C)ccc2C)c1C. The first-order valence-corrected chi connectivity index (χ1v) is 12.1. The van der Waals surface area contributed by atoms with E-state index in [1.807, 2.05) is 26.0 Å². The molecular weight excluding hydrogens is 456 g/mol. The first kappa shape index (κ1) is 26.8. The third-order valence-electron chi connectivity index (χ3n) is 5.30. The summed E-state index contributed by atoms with van der Waals surface area (Å²) in [6.45, 7) is 7.84. The lowest BCUT2D eigenvalue weighted by molar-refractivity contribution is -0.142. The van der Waals surface area contributed by atoms with Gasteiger partial charge in [-0.3, -0.25) is 4.79 Å². The van der Waals surface area contributed by atoms with Crippen LogP contribution in [0.5, 0.6) is 0 Å². The molecule has 1 heterocycles. The van der Waals surface area contributed by atoms with Gasteiger partial charge < -0.3 is 14.6 Å². The fourth-order valence-electron chi connectivity index (χ4n) is 3.34. The Labute approximate surface area is 200 Å². The second kappa shape index (κ2) is 11.1. The van der Waals surface area contributed by atoms with Gasteiger partial charge in [0.1, 0.15) is 11.6 Å². The van der Waals surface area contributed by atoms with Gasteiger partial charge in [0, 0.05) is 37.7 Å². The second-order valence-electron chi connectivity index (χ2n) is 8.04. The Morgan fingerprint density at radius 3 is 2.47 bits per heavy atom. The van der Waals surface area contributed by atoms with Crippen molar-refractivity contribution in [3.63, 3.8) is 0 Å². The van der Waals surface area contributed by atoms with Crippen LogP contribution in [0.4, 0.5) is 5.69 Å². The van der Waals surface area contributed by atoms with E-state index in [1.165, 1.54) is 32.3 Å². The number of nitriles is 1. The summed E-state index contributed by atoms with van der Waals surface area (Å²) >= 11 is 0. The molecule has 0 fully saturated rings. The van der Waals surface area contributed by atoms with Gasteiger partial charge in [-0.1, -0.05) is 13.0 Å². The molecule has 1 amide bonds. The smallest absolute Gasteiger partial charge is 0.349 e. The van der Waals surface area contributed by atoms with Crippen molar-refractivity contribution in [1.29, 1.82) is 5.26 Å². The Hall–Kier alpha value is -3.42. The number of aryl methyl sites for hydroxylation is 2. The fourth-order valence-corrected chi connectivity index (χ4v) is 4.26. The lowest BCUT2D eigenvalue weighted by atomic mass is 10.1.